The van der Waals surface area contributed by atoms with Gasteiger partial charge in [-0.2, -0.15) is 0 Å². The van der Waals surface area contributed by atoms with Gasteiger partial charge in [-0.1, -0.05) is 0 Å². The number of esters is 1. The average Bonchev–Trinajstić information content (AvgIpc) is 2.52. The zero-order chi connectivity index (χ0) is 9.68. The first-order valence-corrected chi connectivity index (χ1v) is 4.86. The monoisotopic (exact) mass is 200 g/mol. The van der Waals surface area contributed by atoms with Gasteiger partial charge < -0.3 is 10.5 Å². The molecule has 72 valence electrons. The maximum Gasteiger partial charge on any atom is 0.319 e. The number of hydrogen-bond acceptors (Lipinski definition) is 5. The van der Waals surface area contributed by atoms with Crippen LogP contribution in [0.2, 0.25) is 0 Å². The molecule has 1 rings (SSSR count). The van der Waals surface area contributed by atoms with Crippen LogP contribution in [-0.2, 0) is 16.0 Å². The Morgan fingerprint density at radius 2 is 2.54 bits per heavy atom. The lowest BCUT2D eigenvalue weighted by Crippen LogP contribution is -2.17. The van der Waals surface area contributed by atoms with Crippen molar-refractivity contribution in [3.63, 3.8) is 0 Å². The number of hydrogen-bond donors (Lipinski definition) is 1. The van der Waals surface area contributed by atoms with E-state index >= 15 is 0 Å². The summed E-state index contributed by atoms with van der Waals surface area (Å²) in [7, 11) is 0. The molecular formula is C8H12N2O2S. The summed E-state index contributed by atoms with van der Waals surface area (Å²) in [5.74, 6) is -0.359. The van der Waals surface area contributed by atoms with E-state index in [9.17, 15) is 4.79 Å². The minimum atomic E-state index is -0.359. The van der Waals surface area contributed by atoms with Crippen molar-refractivity contribution >= 4 is 17.3 Å². The number of rotatable bonds is 4. The normalized spacial score (nSPS) is 10.0. The van der Waals surface area contributed by atoms with Crippen LogP contribution in [0.5, 0.6) is 0 Å². The molecule has 0 amide bonds. The molecule has 0 aliphatic heterocycles. The number of nitrogens with two attached hydrogens (primary N) is 1. The molecular weight excluding hydrogens is 188 g/mol. The van der Waals surface area contributed by atoms with E-state index in [0.29, 0.717) is 6.61 Å². The van der Waals surface area contributed by atoms with Crippen molar-refractivity contribution in [1.29, 1.82) is 0 Å². The lowest BCUT2D eigenvalue weighted by molar-refractivity contribution is -0.141. The average molecular weight is 200 g/mol. The van der Waals surface area contributed by atoms with Crippen LogP contribution in [-0.4, -0.2) is 24.1 Å². The van der Waals surface area contributed by atoms with Gasteiger partial charge in [0, 0.05) is 11.3 Å². The number of thiazole rings is 1. The Kier molecular flexibility index (Phi) is 3.85. The number of nitrogens with zero attached hydrogens (tertiary/aromatic N) is 1. The Balaban J connectivity index is 2.28. The van der Waals surface area contributed by atoms with Crippen molar-refractivity contribution < 1.29 is 9.53 Å². The highest BCUT2D eigenvalue weighted by Gasteiger charge is 2.03. The van der Waals surface area contributed by atoms with Gasteiger partial charge in [0.1, 0.15) is 0 Å². The molecule has 2 N–H and O–H groups in total. The third-order valence-electron chi connectivity index (χ3n) is 1.60. The van der Waals surface area contributed by atoms with Crippen molar-refractivity contribution in [2.24, 2.45) is 5.73 Å². The number of aryl methyl sites for hydroxylation is 1. The van der Waals surface area contributed by atoms with Crippen LogP contribution in [0.25, 0.3) is 0 Å². The van der Waals surface area contributed by atoms with Gasteiger partial charge in [-0.25, -0.2) is 4.98 Å². The second kappa shape index (κ2) is 4.94. The molecule has 1 heterocycles. The van der Waals surface area contributed by atoms with E-state index in [2.05, 4.69) is 4.98 Å². The highest BCUT2D eigenvalue weighted by atomic mass is 32.1. The minimum absolute atomic E-state index is 0.0539. The first kappa shape index (κ1) is 10.1. The van der Waals surface area contributed by atoms with Crippen LogP contribution in [0, 0.1) is 6.92 Å². The molecule has 0 unspecified atom stereocenters. The second-order valence-electron chi connectivity index (χ2n) is 2.54. The maximum atomic E-state index is 10.7. The van der Waals surface area contributed by atoms with E-state index in [1.54, 1.807) is 16.8 Å². The molecule has 0 bridgehead atoms. The summed E-state index contributed by atoms with van der Waals surface area (Å²) in [6, 6.07) is 0. The molecule has 0 saturated carbocycles. The first-order chi connectivity index (χ1) is 6.24. The summed E-state index contributed by atoms with van der Waals surface area (Å²) < 4.78 is 4.83. The van der Waals surface area contributed by atoms with Crippen molar-refractivity contribution in [2.45, 2.75) is 13.3 Å². The van der Waals surface area contributed by atoms with E-state index < -0.39 is 0 Å². The minimum Gasteiger partial charge on any atom is -0.464 e. The van der Waals surface area contributed by atoms with Crippen molar-refractivity contribution in [3.8, 4) is 0 Å². The summed E-state index contributed by atoms with van der Waals surface area (Å²) >= 11 is 1.58. The highest BCUT2D eigenvalue weighted by molar-refractivity contribution is 7.09. The van der Waals surface area contributed by atoms with Crippen LogP contribution in [0.4, 0.5) is 0 Å². The second-order valence-corrected chi connectivity index (χ2v) is 3.47. The number of ether oxygens (including phenoxy) is 1. The molecule has 5 heteroatoms. The van der Waals surface area contributed by atoms with E-state index in [4.69, 9.17) is 10.5 Å². The molecule has 0 radical (unpaired) electrons. The van der Waals surface area contributed by atoms with Crippen LogP contribution in [0.1, 0.15) is 10.6 Å². The fourth-order valence-electron chi connectivity index (χ4n) is 0.883. The number of aromatic nitrogens is 1. The Hall–Kier alpha value is -0.940. The topological polar surface area (TPSA) is 65.2 Å². The molecule has 0 saturated heterocycles. The Labute approximate surface area is 80.7 Å². The summed E-state index contributed by atoms with van der Waals surface area (Å²) in [6.45, 7) is 2.28. The maximum absolute atomic E-state index is 10.7. The molecule has 0 aliphatic carbocycles. The first-order valence-electron chi connectivity index (χ1n) is 3.98. The largest absolute Gasteiger partial charge is 0.464 e. The standard InChI is InChI=1S/C8H12N2O2S/c1-6-7(13-5-10-6)2-3-12-8(11)4-9/h5H,2-4,9H2,1H3. The Morgan fingerprint density at radius 3 is 3.08 bits per heavy atom. The van der Waals surface area contributed by atoms with Gasteiger partial charge >= 0.3 is 5.97 Å². The van der Waals surface area contributed by atoms with Crippen LogP contribution >= 0.6 is 11.3 Å². The molecule has 0 fully saturated rings. The Bertz CT molecular complexity index is 285. The molecule has 0 aromatic carbocycles. The fourth-order valence-corrected chi connectivity index (χ4v) is 1.65. The number of carbonyl (C=O) groups excluding carboxylic acids is 1. The summed E-state index contributed by atoms with van der Waals surface area (Å²) in [5.41, 5.74) is 7.87. The lowest BCUT2D eigenvalue weighted by atomic mass is 10.3. The summed E-state index contributed by atoms with van der Waals surface area (Å²) in [4.78, 5) is 15.9. The van der Waals surface area contributed by atoms with E-state index in [0.717, 1.165) is 17.0 Å². The third-order valence-corrected chi connectivity index (χ3v) is 2.60. The van der Waals surface area contributed by atoms with Crippen molar-refractivity contribution in [1.82, 2.24) is 4.98 Å². The van der Waals surface area contributed by atoms with E-state index in [1.807, 2.05) is 6.92 Å². The van der Waals surface area contributed by atoms with Crippen molar-refractivity contribution in [3.05, 3.63) is 16.1 Å². The van der Waals surface area contributed by atoms with Gasteiger partial charge in [-0.3, -0.25) is 4.79 Å². The summed E-state index contributed by atoms with van der Waals surface area (Å²) in [6.07, 6.45) is 0.724. The molecule has 4 nitrogen and oxygen atoms in total. The molecule has 1 aromatic rings. The molecule has 1 aromatic heterocycles. The van der Waals surface area contributed by atoms with Crippen LogP contribution in [0.15, 0.2) is 5.51 Å². The van der Waals surface area contributed by atoms with Gasteiger partial charge in [0.2, 0.25) is 0 Å². The summed E-state index contributed by atoms with van der Waals surface area (Å²) in [5, 5.41) is 0. The number of carbonyl (C=O) groups is 1. The highest BCUT2D eigenvalue weighted by Crippen LogP contribution is 2.12. The van der Waals surface area contributed by atoms with Gasteiger partial charge in [-0.05, 0) is 6.92 Å². The lowest BCUT2D eigenvalue weighted by Gasteiger charge is -2.01. The van der Waals surface area contributed by atoms with Crippen LogP contribution in [0.3, 0.4) is 0 Å². The van der Waals surface area contributed by atoms with Gasteiger partial charge in [0.15, 0.2) is 0 Å². The van der Waals surface area contributed by atoms with E-state index in [1.165, 1.54) is 0 Å². The molecule has 0 aliphatic rings. The zero-order valence-corrected chi connectivity index (χ0v) is 8.26. The van der Waals surface area contributed by atoms with Gasteiger partial charge in [-0.15, -0.1) is 11.3 Å². The van der Waals surface area contributed by atoms with Crippen LogP contribution < -0.4 is 5.73 Å². The predicted octanol–water partition coefficient (Wildman–Crippen LogP) is 0.496. The fraction of sp³-hybridized carbons (Fsp3) is 0.500. The molecule has 13 heavy (non-hydrogen) atoms. The van der Waals surface area contributed by atoms with Crippen molar-refractivity contribution in [2.75, 3.05) is 13.2 Å². The van der Waals surface area contributed by atoms with Gasteiger partial charge in [0.25, 0.3) is 0 Å². The predicted molar refractivity (Wildman–Crippen MR) is 50.6 cm³/mol. The SMILES string of the molecule is Cc1ncsc1CCOC(=O)CN. The Morgan fingerprint density at radius 1 is 1.77 bits per heavy atom. The molecule has 0 spiro atoms. The zero-order valence-electron chi connectivity index (χ0n) is 7.45. The van der Waals surface area contributed by atoms with E-state index in [-0.39, 0.29) is 12.5 Å². The molecule has 0 atom stereocenters. The quantitative estimate of drug-likeness (QED) is 0.719. The third kappa shape index (κ3) is 3.12. The van der Waals surface area contributed by atoms with Gasteiger partial charge in [0.05, 0.1) is 24.4 Å². The smallest absolute Gasteiger partial charge is 0.319 e.